The molecule has 1 heterocycles. The molecule has 1 amide bonds. The number of hydrogen-bond acceptors (Lipinski definition) is 4. The fourth-order valence-electron chi connectivity index (χ4n) is 1.99. The summed E-state index contributed by atoms with van der Waals surface area (Å²) >= 11 is 1.56. The standard InChI is InChI=1S/C14H24N2O2S/c1-14(2,3)10-16(5-4-6-17)8-12-7-11(9-19-12)13(15)18/h7,9,17H,4-6,8,10H2,1-3H3,(H2,15,18). The highest BCUT2D eigenvalue weighted by Gasteiger charge is 2.17. The molecule has 1 aromatic heterocycles. The minimum absolute atomic E-state index is 0.206. The van der Waals surface area contributed by atoms with Gasteiger partial charge in [0.05, 0.1) is 5.56 Å². The predicted octanol–water partition coefficient (Wildman–Crippen LogP) is 2.08. The number of rotatable bonds is 7. The van der Waals surface area contributed by atoms with Gasteiger partial charge < -0.3 is 10.8 Å². The SMILES string of the molecule is CC(C)(C)CN(CCCO)Cc1cc(C(N)=O)cs1. The molecule has 5 heteroatoms. The summed E-state index contributed by atoms with van der Waals surface area (Å²) in [4.78, 5) is 14.5. The van der Waals surface area contributed by atoms with Gasteiger partial charge in [-0.1, -0.05) is 20.8 Å². The van der Waals surface area contributed by atoms with Gasteiger partial charge in [0.2, 0.25) is 5.91 Å². The highest BCUT2D eigenvalue weighted by Crippen LogP contribution is 2.21. The van der Waals surface area contributed by atoms with Crippen molar-refractivity contribution in [3.8, 4) is 0 Å². The molecule has 0 saturated carbocycles. The summed E-state index contributed by atoms with van der Waals surface area (Å²) in [6, 6.07) is 1.86. The van der Waals surface area contributed by atoms with Crippen LogP contribution in [0.4, 0.5) is 0 Å². The molecular weight excluding hydrogens is 260 g/mol. The first-order valence-electron chi connectivity index (χ1n) is 6.52. The summed E-state index contributed by atoms with van der Waals surface area (Å²) in [5, 5.41) is 10.8. The minimum atomic E-state index is -0.375. The van der Waals surface area contributed by atoms with Crippen LogP contribution in [0.1, 0.15) is 42.4 Å². The number of carbonyl (C=O) groups is 1. The van der Waals surface area contributed by atoms with Gasteiger partial charge >= 0.3 is 0 Å². The second-order valence-corrected chi connectivity index (χ2v) is 7.01. The lowest BCUT2D eigenvalue weighted by Crippen LogP contribution is -2.33. The van der Waals surface area contributed by atoms with Gasteiger partial charge in [0.25, 0.3) is 0 Å². The van der Waals surface area contributed by atoms with Crippen molar-refractivity contribution in [2.24, 2.45) is 11.1 Å². The van der Waals surface area contributed by atoms with Gasteiger partial charge in [0.15, 0.2) is 0 Å². The fraction of sp³-hybridized carbons (Fsp3) is 0.643. The zero-order valence-corrected chi connectivity index (χ0v) is 12.8. The quantitative estimate of drug-likeness (QED) is 0.805. The first kappa shape index (κ1) is 16.1. The molecular formula is C14H24N2O2S. The van der Waals surface area contributed by atoms with Crippen LogP contribution in [0.3, 0.4) is 0 Å². The van der Waals surface area contributed by atoms with Crippen molar-refractivity contribution in [3.63, 3.8) is 0 Å². The molecule has 4 nitrogen and oxygen atoms in total. The second kappa shape index (κ2) is 7.03. The Labute approximate surface area is 119 Å². The average Bonchev–Trinajstić information content (AvgIpc) is 2.72. The van der Waals surface area contributed by atoms with E-state index < -0.39 is 0 Å². The Hall–Kier alpha value is -0.910. The molecule has 0 radical (unpaired) electrons. The summed E-state index contributed by atoms with van der Waals surface area (Å²) in [6.45, 7) is 9.41. The highest BCUT2D eigenvalue weighted by atomic mass is 32.1. The number of aliphatic hydroxyl groups excluding tert-OH is 1. The molecule has 0 bridgehead atoms. The van der Waals surface area contributed by atoms with E-state index in [0.29, 0.717) is 5.56 Å². The summed E-state index contributed by atoms with van der Waals surface area (Å²) in [7, 11) is 0. The molecule has 0 aliphatic carbocycles. The lowest BCUT2D eigenvalue weighted by molar-refractivity contribution is 0.100. The van der Waals surface area contributed by atoms with Crippen LogP contribution in [0.15, 0.2) is 11.4 Å². The average molecular weight is 284 g/mol. The fourth-order valence-corrected chi connectivity index (χ4v) is 2.91. The van der Waals surface area contributed by atoms with Crippen molar-refractivity contribution in [2.75, 3.05) is 19.7 Å². The number of thiophene rings is 1. The van der Waals surface area contributed by atoms with Crippen LogP contribution in [0.25, 0.3) is 0 Å². The molecule has 0 unspecified atom stereocenters. The summed E-state index contributed by atoms with van der Waals surface area (Å²) in [6.07, 6.45) is 0.768. The smallest absolute Gasteiger partial charge is 0.249 e. The lowest BCUT2D eigenvalue weighted by atomic mass is 9.96. The third kappa shape index (κ3) is 6.18. The second-order valence-electron chi connectivity index (χ2n) is 6.01. The van der Waals surface area contributed by atoms with Crippen molar-refractivity contribution in [2.45, 2.75) is 33.7 Å². The lowest BCUT2D eigenvalue weighted by Gasteiger charge is -2.29. The molecule has 1 rings (SSSR count). The van der Waals surface area contributed by atoms with Crippen LogP contribution in [0, 0.1) is 5.41 Å². The predicted molar refractivity (Wildman–Crippen MR) is 79.3 cm³/mol. The van der Waals surface area contributed by atoms with E-state index in [0.717, 1.165) is 30.9 Å². The first-order chi connectivity index (χ1) is 8.81. The van der Waals surface area contributed by atoms with Gasteiger partial charge in [-0.05, 0) is 17.9 Å². The molecule has 0 aromatic carbocycles. The minimum Gasteiger partial charge on any atom is -0.396 e. The maximum atomic E-state index is 11.1. The third-order valence-corrected chi connectivity index (χ3v) is 3.57. The van der Waals surface area contributed by atoms with Crippen molar-refractivity contribution >= 4 is 17.2 Å². The van der Waals surface area contributed by atoms with Gasteiger partial charge in [-0.15, -0.1) is 11.3 Å². The first-order valence-corrected chi connectivity index (χ1v) is 7.40. The molecule has 19 heavy (non-hydrogen) atoms. The van der Waals surface area contributed by atoms with Crippen molar-refractivity contribution < 1.29 is 9.90 Å². The third-order valence-electron chi connectivity index (χ3n) is 2.65. The number of amides is 1. The van der Waals surface area contributed by atoms with E-state index in [2.05, 4.69) is 25.7 Å². The van der Waals surface area contributed by atoms with Crippen LogP contribution in [-0.2, 0) is 6.54 Å². The largest absolute Gasteiger partial charge is 0.396 e. The molecule has 0 fully saturated rings. The van der Waals surface area contributed by atoms with E-state index in [1.54, 1.807) is 16.7 Å². The normalized spacial score (nSPS) is 12.1. The van der Waals surface area contributed by atoms with Crippen molar-refractivity contribution in [1.29, 1.82) is 0 Å². The molecule has 0 spiro atoms. The van der Waals surface area contributed by atoms with E-state index in [1.165, 1.54) is 0 Å². The van der Waals surface area contributed by atoms with Gasteiger partial charge in [-0.2, -0.15) is 0 Å². The van der Waals surface area contributed by atoms with Gasteiger partial charge in [-0.3, -0.25) is 9.69 Å². The molecule has 1 aromatic rings. The summed E-state index contributed by atoms with van der Waals surface area (Å²) in [5.74, 6) is -0.375. The number of nitrogens with two attached hydrogens (primary N) is 1. The Morgan fingerprint density at radius 3 is 2.63 bits per heavy atom. The number of hydrogen-bond donors (Lipinski definition) is 2. The maximum absolute atomic E-state index is 11.1. The van der Waals surface area contributed by atoms with E-state index in [4.69, 9.17) is 10.8 Å². The number of nitrogens with zero attached hydrogens (tertiary/aromatic N) is 1. The number of aliphatic hydroxyl groups is 1. The van der Waals surface area contributed by atoms with E-state index in [9.17, 15) is 4.79 Å². The Balaban J connectivity index is 2.66. The zero-order chi connectivity index (χ0) is 14.5. The molecule has 0 atom stereocenters. The topological polar surface area (TPSA) is 66.6 Å². The van der Waals surface area contributed by atoms with Crippen LogP contribution < -0.4 is 5.73 Å². The van der Waals surface area contributed by atoms with Gasteiger partial charge in [-0.25, -0.2) is 0 Å². The van der Waals surface area contributed by atoms with Crippen molar-refractivity contribution in [1.82, 2.24) is 4.90 Å². The summed E-state index contributed by atoms with van der Waals surface area (Å²) in [5.41, 5.74) is 6.05. The molecule has 0 saturated heterocycles. The Morgan fingerprint density at radius 1 is 1.47 bits per heavy atom. The Morgan fingerprint density at radius 2 is 2.16 bits per heavy atom. The van der Waals surface area contributed by atoms with Gasteiger partial charge in [0, 0.05) is 36.5 Å². The number of carbonyl (C=O) groups excluding carboxylic acids is 1. The molecule has 0 aliphatic rings. The monoisotopic (exact) mass is 284 g/mol. The maximum Gasteiger partial charge on any atom is 0.249 e. The number of primary amides is 1. The van der Waals surface area contributed by atoms with Crippen LogP contribution >= 0.6 is 11.3 Å². The summed E-state index contributed by atoms with van der Waals surface area (Å²) < 4.78 is 0. The Bertz CT molecular complexity index is 410. The zero-order valence-electron chi connectivity index (χ0n) is 12.0. The Kier molecular flexibility index (Phi) is 5.97. The van der Waals surface area contributed by atoms with E-state index in [-0.39, 0.29) is 17.9 Å². The van der Waals surface area contributed by atoms with Crippen LogP contribution in [0.2, 0.25) is 0 Å². The van der Waals surface area contributed by atoms with Gasteiger partial charge in [0.1, 0.15) is 0 Å². The van der Waals surface area contributed by atoms with Crippen LogP contribution in [0.5, 0.6) is 0 Å². The molecule has 0 aliphatic heterocycles. The molecule has 108 valence electrons. The van der Waals surface area contributed by atoms with E-state index >= 15 is 0 Å². The highest BCUT2D eigenvalue weighted by molar-refractivity contribution is 7.10. The van der Waals surface area contributed by atoms with E-state index in [1.807, 2.05) is 6.07 Å². The van der Waals surface area contributed by atoms with Crippen LogP contribution in [-0.4, -0.2) is 35.6 Å². The molecule has 3 N–H and O–H groups in total. The van der Waals surface area contributed by atoms with Crippen molar-refractivity contribution in [3.05, 3.63) is 21.9 Å².